The summed E-state index contributed by atoms with van der Waals surface area (Å²) in [6.07, 6.45) is 2.54. The summed E-state index contributed by atoms with van der Waals surface area (Å²) in [7, 11) is 1.85. The number of nitrogens with zero attached hydrogens (tertiary/aromatic N) is 1. The molecule has 0 aliphatic carbocycles. The second-order valence-electron chi connectivity index (χ2n) is 4.61. The van der Waals surface area contributed by atoms with E-state index in [0.29, 0.717) is 13.0 Å². The van der Waals surface area contributed by atoms with Crippen LogP contribution >= 0.6 is 0 Å². The average Bonchev–Trinajstić information content (AvgIpc) is 2.13. The number of amides is 1. The Kier molecular flexibility index (Phi) is 5.77. The summed E-state index contributed by atoms with van der Waals surface area (Å²) >= 11 is 0. The summed E-state index contributed by atoms with van der Waals surface area (Å²) in [6.45, 7) is 7.81. The fourth-order valence-corrected chi connectivity index (χ4v) is 1.33. The van der Waals surface area contributed by atoms with Gasteiger partial charge in [0, 0.05) is 20.0 Å². The molecule has 0 fully saturated rings. The zero-order valence-electron chi connectivity index (χ0n) is 9.97. The van der Waals surface area contributed by atoms with Gasteiger partial charge < -0.3 is 10.6 Å². The van der Waals surface area contributed by atoms with E-state index in [4.69, 9.17) is 5.73 Å². The zero-order chi connectivity index (χ0) is 11.2. The maximum Gasteiger partial charge on any atom is 0.222 e. The molecule has 0 aromatic carbocycles. The maximum atomic E-state index is 11.5. The van der Waals surface area contributed by atoms with E-state index in [1.807, 2.05) is 14.0 Å². The van der Waals surface area contributed by atoms with Gasteiger partial charge in [-0.05, 0) is 31.7 Å². The third-order valence-electron chi connectivity index (χ3n) is 2.74. The molecule has 0 heterocycles. The largest absolute Gasteiger partial charge is 0.346 e. The van der Waals surface area contributed by atoms with Crippen molar-refractivity contribution in [1.29, 1.82) is 0 Å². The third-order valence-corrected chi connectivity index (χ3v) is 2.74. The van der Waals surface area contributed by atoms with Crippen LogP contribution in [0.3, 0.4) is 0 Å². The normalized spacial score (nSPS) is 11.5. The molecular formula is C11H24N2O. The minimum atomic E-state index is 0.193. The Morgan fingerprint density at radius 1 is 1.36 bits per heavy atom. The number of hydrogen-bond acceptors (Lipinski definition) is 2. The smallest absolute Gasteiger partial charge is 0.222 e. The average molecular weight is 200 g/mol. The molecule has 3 nitrogen and oxygen atoms in total. The molecule has 0 aliphatic rings. The van der Waals surface area contributed by atoms with Gasteiger partial charge in [0.25, 0.3) is 0 Å². The van der Waals surface area contributed by atoms with Crippen LogP contribution in [0.15, 0.2) is 0 Å². The van der Waals surface area contributed by atoms with Crippen LogP contribution in [0.5, 0.6) is 0 Å². The molecule has 0 saturated heterocycles. The van der Waals surface area contributed by atoms with Crippen LogP contribution in [0.4, 0.5) is 0 Å². The van der Waals surface area contributed by atoms with Crippen molar-refractivity contribution in [1.82, 2.24) is 4.90 Å². The van der Waals surface area contributed by atoms with Gasteiger partial charge in [-0.1, -0.05) is 13.8 Å². The van der Waals surface area contributed by atoms with E-state index >= 15 is 0 Å². The highest BCUT2D eigenvalue weighted by molar-refractivity contribution is 5.75. The second-order valence-corrected chi connectivity index (χ2v) is 4.61. The van der Waals surface area contributed by atoms with Crippen molar-refractivity contribution < 1.29 is 4.79 Å². The van der Waals surface area contributed by atoms with E-state index in [1.54, 1.807) is 4.90 Å². The molecule has 0 saturated carbocycles. The van der Waals surface area contributed by atoms with Crippen LogP contribution in [0.1, 0.15) is 40.0 Å². The molecule has 0 aromatic rings. The Hall–Kier alpha value is -0.570. The summed E-state index contributed by atoms with van der Waals surface area (Å²) in [5.74, 6) is 0.234. The van der Waals surface area contributed by atoms with Crippen molar-refractivity contribution in [3.63, 3.8) is 0 Å². The molecule has 0 spiro atoms. The Bertz CT molecular complexity index is 178. The molecule has 84 valence electrons. The minimum Gasteiger partial charge on any atom is -0.346 e. The van der Waals surface area contributed by atoms with Crippen molar-refractivity contribution in [2.75, 3.05) is 20.1 Å². The molecule has 0 aromatic heterocycles. The fraction of sp³-hybridized carbons (Fsp3) is 0.909. The van der Waals surface area contributed by atoms with Gasteiger partial charge in [0.05, 0.1) is 0 Å². The molecule has 0 atom stereocenters. The van der Waals surface area contributed by atoms with Crippen molar-refractivity contribution in [3.8, 4) is 0 Å². The molecule has 0 unspecified atom stereocenters. The lowest BCUT2D eigenvalue weighted by atomic mass is 9.84. The summed E-state index contributed by atoms with van der Waals surface area (Å²) in [4.78, 5) is 13.3. The van der Waals surface area contributed by atoms with Crippen LogP contribution in [0, 0.1) is 5.41 Å². The number of nitrogens with two attached hydrogens (primary N) is 1. The molecule has 0 aliphatic heterocycles. The first-order chi connectivity index (χ1) is 6.43. The third kappa shape index (κ3) is 5.22. The van der Waals surface area contributed by atoms with Gasteiger partial charge in [-0.25, -0.2) is 0 Å². The predicted octanol–water partition coefficient (Wildman–Crippen LogP) is 1.62. The highest BCUT2D eigenvalue weighted by atomic mass is 16.2. The lowest BCUT2D eigenvalue weighted by Gasteiger charge is -2.24. The quantitative estimate of drug-likeness (QED) is 0.708. The van der Waals surface area contributed by atoms with E-state index < -0.39 is 0 Å². The highest BCUT2D eigenvalue weighted by Crippen LogP contribution is 2.25. The SMILES string of the molecule is CCN(C)C(=O)CCC(C)(C)CCN. The maximum absolute atomic E-state index is 11.5. The predicted molar refractivity (Wildman–Crippen MR) is 60.0 cm³/mol. The Morgan fingerprint density at radius 3 is 2.36 bits per heavy atom. The van der Waals surface area contributed by atoms with E-state index in [0.717, 1.165) is 19.4 Å². The van der Waals surface area contributed by atoms with Crippen LogP contribution in [-0.4, -0.2) is 30.9 Å². The first-order valence-electron chi connectivity index (χ1n) is 5.37. The fourth-order valence-electron chi connectivity index (χ4n) is 1.33. The van der Waals surface area contributed by atoms with Crippen molar-refractivity contribution in [3.05, 3.63) is 0 Å². The Balaban J connectivity index is 3.87. The van der Waals surface area contributed by atoms with E-state index in [1.165, 1.54) is 0 Å². The first kappa shape index (κ1) is 13.4. The molecule has 2 N–H and O–H groups in total. The monoisotopic (exact) mass is 200 g/mol. The van der Waals surface area contributed by atoms with Gasteiger partial charge >= 0.3 is 0 Å². The molecule has 1 amide bonds. The first-order valence-corrected chi connectivity index (χ1v) is 5.37. The van der Waals surface area contributed by atoms with Crippen molar-refractivity contribution in [2.24, 2.45) is 11.1 Å². The molecule has 14 heavy (non-hydrogen) atoms. The van der Waals surface area contributed by atoms with Crippen molar-refractivity contribution in [2.45, 2.75) is 40.0 Å². The number of carbonyl (C=O) groups excluding carboxylic acids is 1. The molecule has 0 radical (unpaired) electrons. The number of rotatable bonds is 6. The van der Waals surface area contributed by atoms with Gasteiger partial charge in [-0.3, -0.25) is 4.79 Å². The van der Waals surface area contributed by atoms with E-state index in [-0.39, 0.29) is 11.3 Å². The standard InChI is InChI=1S/C11H24N2O/c1-5-13(4)10(14)6-7-11(2,3)8-9-12/h5-9,12H2,1-4H3. The summed E-state index contributed by atoms with van der Waals surface area (Å²) in [6, 6.07) is 0. The molecular weight excluding hydrogens is 176 g/mol. The van der Waals surface area contributed by atoms with Gasteiger partial charge in [-0.15, -0.1) is 0 Å². The van der Waals surface area contributed by atoms with E-state index in [2.05, 4.69) is 13.8 Å². The Morgan fingerprint density at radius 2 is 1.93 bits per heavy atom. The molecule has 3 heteroatoms. The van der Waals surface area contributed by atoms with Crippen LogP contribution in [0.25, 0.3) is 0 Å². The number of hydrogen-bond donors (Lipinski definition) is 1. The molecule has 0 bridgehead atoms. The van der Waals surface area contributed by atoms with Crippen LogP contribution in [-0.2, 0) is 4.79 Å². The summed E-state index contributed by atoms with van der Waals surface area (Å²) < 4.78 is 0. The summed E-state index contributed by atoms with van der Waals surface area (Å²) in [5, 5.41) is 0. The van der Waals surface area contributed by atoms with Crippen molar-refractivity contribution >= 4 is 5.91 Å². The van der Waals surface area contributed by atoms with Gasteiger partial charge in [0.15, 0.2) is 0 Å². The van der Waals surface area contributed by atoms with E-state index in [9.17, 15) is 4.79 Å². The number of carbonyl (C=O) groups is 1. The van der Waals surface area contributed by atoms with Crippen LogP contribution < -0.4 is 5.73 Å². The minimum absolute atomic E-state index is 0.193. The van der Waals surface area contributed by atoms with Gasteiger partial charge in [-0.2, -0.15) is 0 Å². The van der Waals surface area contributed by atoms with Gasteiger partial charge in [0.2, 0.25) is 5.91 Å². The van der Waals surface area contributed by atoms with Gasteiger partial charge in [0.1, 0.15) is 0 Å². The molecule has 0 rings (SSSR count). The van der Waals surface area contributed by atoms with Crippen LogP contribution in [0.2, 0.25) is 0 Å². The lowest BCUT2D eigenvalue weighted by molar-refractivity contribution is -0.130. The second kappa shape index (κ2) is 6.02. The highest BCUT2D eigenvalue weighted by Gasteiger charge is 2.19. The zero-order valence-corrected chi connectivity index (χ0v) is 9.97. The Labute approximate surface area is 87.6 Å². The topological polar surface area (TPSA) is 46.3 Å². The summed E-state index contributed by atoms with van der Waals surface area (Å²) in [5.41, 5.74) is 5.71. The lowest BCUT2D eigenvalue weighted by Crippen LogP contribution is -2.28.